The quantitative estimate of drug-likeness (QED) is 0.817. The first-order valence-electron chi connectivity index (χ1n) is 7.29. The summed E-state index contributed by atoms with van der Waals surface area (Å²) in [6.07, 6.45) is 1.78. The van der Waals surface area contributed by atoms with Crippen LogP contribution in [0.2, 0.25) is 0 Å². The van der Waals surface area contributed by atoms with Crippen molar-refractivity contribution in [2.45, 2.75) is 26.8 Å². The Hall–Kier alpha value is -2.89. The minimum Gasteiger partial charge on any atom is -0.348 e. The normalized spacial score (nSPS) is 13.7. The third kappa shape index (κ3) is 2.32. The Morgan fingerprint density at radius 1 is 1.04 bits per heavy atom. The molecule has 23 heavy (non-hydrogen) atoms. The summed E-state index contributed by atoms with van der Waals surface area (Å²) in [5.74, 6) is -1.98. The van der Waals surface area contributed by atoms with E-state index in [9.17, 15) is 14.4 Å². The van der Waals surface area contributed by atoms with Gasteiger partial charge in [0.15, 0.2) is 0 Å². The van der Waals surface area contributed by atoms with Crippen LogP contribution in [0, 0.1) is 6.92 Å². The third-order valence-electron chi connectivity index (χ3n) is 3.89. The number of hydrogen-bond donors (Lipinski definition) is 0. The van der Waals surface area contributed by atoms with Crippen molar-refractivity contribution in [1.82, 2.24) is 9.63 Å². The highest BCUT2D eigenvalue weighted by molar-refractivity contribution is 6.21. The average Bonchev–Trinajstić information content (AvgIpc) is 3.02. The maximum absolute atomic E-state index is 12.3. The highest BCUT2D eigenvalue weighted by atomic mass is 16.7. The van der Waals surface area contributed by atoms with E-state index in [0.29, 0.717) is 10.6 Å². The Balaban J connectivity index is 1.85. The second-order valence-electron chi connectivity index (χ2n) is 5.64. The highest BCUT2D eigenvalue weighted by Crippen LogP contribution is 2.24. The van der Waals surface area contributed by atoms with Crippen LogP contribution in [0.5, 0.6) is 0 Å². The molecule has 0 saturated heterocycles. The van der Waals surface area contributed by atoms with E-state index in [-0.39, 0.29) is 17.2 Å². The number of hydroxylamine groups is 2. The topological polar surface area (TPSA) is 68.6 Å². The van der Waals surface area contributed by atoms with E-state index in [1.165, 1.54) is 12.1 Å². The van der Waals surface area contributed by atoms with Gasteiger partial charge in [-0.2, -0.15) is 0 Å². The van der Waals surface area contributed by atoms with E-state index < -0.39 is 17.8 Å². The van der Waals surface area contributed by atoms with Gasteiger partial charge < -0.3 is 9.40 Å². The molecule has 0 spiro atoms. The van der Waals surface area contributed by atoms with Crippen molar-refractivity contribution in [2.24, 2.45) is 0 Å². The zero-order chi connectivity index (χ0) is 16.7. The van der Waals surface area contributed by atoms with E-state index in [1.807, 2.05) is 18.4 Å². The van der Waals surface area contributed by atoms with Gasteiger partial charge in [-0.3, -0.25) is 9.59 Å². The van der Waals surface area contributed by atoms with E-state index in [4.69, 9.17) is 4.84 Å². The molecule has 0 atom stereocenters. The summed E-state index contributed by atoms with van der Waals surface area (Å²) in [7, 11) is 0. The lowest BCUT2D eigenvalue weighted by Gasteiger charge is -2.14. The van der Waals surface area contributed by atoms with Crippen molar-refractivity contribution in [2.75, 3.05) is 0 Å². The minimum atomic E-state index is -0.726. The molecule has 0 radical (unpaired) electrons. The lowest BCUT2D eigenvalue weighted by atomic mass is 10.1. The van der Waals surface area contributed by atoms with E-state index >= 15 is 0 Å². The number of benzene rings is 1. The first-order chi connectivity index (χ1) is 10.9. The fraction of sp³-hybridized carbons (Fsp3) is 0.235. The van der Waals surface area contributed by atoms with Gasteiger partial charge in [0.1, 0.15) is 0 Å². The largest absolute Gasteiger partial charge is 0.365 e. The predicted octanol–water partition coefficient (Wildman–Crippen LogP) is 2.75. The van der Waals surface area contributed by atoms with E-state index in [0.717, 1.165) is 5.69 Å². The van der Waals surface area contributed by atoms with Gasteiger partial charge in [0.05, 0.1) is 16.7 Å². The second kappa shape index (κ2) is 5.39. The summed E-state index contributed by atoms with van der Waals surface area (Å²) in [5, 5.41) is 0.527. The van der Waals surface area contributed by atoms with Crippen LogP contribution < -0.4 is 0 Å². The van der Waals surface area contributed by atoms with Crippen LogP contribution in [0.4, 0.5) is 0 Å². The molecule has 118 valence electrons. The van der Waals surface area contributed by atoms with Crippen LogP contribution in [0.3, 0.4) is 0 Å². The summed E-state index contributed by atoms with van der Waals surface area (Å²) in [6.45, 7) is 5.78. The zero-order valence-corrected chi connectivity index (χ0v) is 13.1. The van der Waals surface area contributed by atoms with Gasteiger partial charge >= 0.3 is 5.97 Å². The minimum absolute atomic E-state index is 0.191. The molecule has 0 N–H and O–H groups in total. The number of rotatable bonds is 3. The molecule has 0 bridgehead atoms. The number of carbonyl (C=O) groups excluding carboxylic acids is 3. The molecule has 2 aromatic rings. The number of fused-ring (bicyclic) bond motifs is 1. The molecule has 3 rings (SSSR count). The predicted molar refractivity (Wildman–Crippen MR) is 81.9 cm³/mol. The Kier molecular flexibility index (Phi) is 3.52. The fourth-order valence-electron chi connectivity index (χ4n) is 2.68. The van der Waals surface area contributed by atoms with Gasteiger partial charge in [0.2, 0.25) is 0 Å². The van der Waals surface area contributed by atoms with E-state index in [1.54, 1.807) is 31.3 Å². The number of imide groups is 1. The monoisotopic (exact) mass is 312 g/mol. The van der Waals surface area contributed by atoms with Crippen LogP contribution in [0.1, 0.15) is 56.7 Å². The lowest BCUT2D eigenvalue weighted by Crippen LogP contribution is -2.32. The molecule has 1 aliphatic heterocycles. The zero-order valence-electron chi connectivity index (χ0n) is 13.1. The maximum atomic E-state index is 12.3. The molecule has 2 amide bonds. The molecule has 0 aliphatic carbocycles. The van der Waals surface area contributed by atoms with Crippen LogP contribution in [0.25, 0.3) is 0 Å². The Labute approximate surface area is 133 Å². The average molecular weight is 312 g/mol. The van der Waals surface area contributed by atoms with Crippen LogP contribution in [-0.2, 0) is 4.84 Å². The van der Waals surface area contributed by atoms with Crippen molar-refractivity contribution in [3.63, 3.8) is 0 Å². The molecule has 2 heterocycles. The summed E-state index contributed by atoms with van der Waals surface area (Å²) in [4.78, 5) is 41.8. The van der Waals surface area contributed by atoms with Crippen molar-refractivity contribution in [1.29, 1.82) is 0 Å². The smallest absolute Gasteiger partial charge is 0.348 e. The Morgan fingerprint density at radius 3 is 2.09 bits per heavy atom. The molecule has 1 aromatic carbocycles. The lowest BCUT2D eigenvalue weighted by molar-refractivity contribution is -0.0585. The first-order valence-corrected chi connectivity index (χ1v) is 7.29. The number of nitrogens with zero attached hydrogens (tertiary/aromatic N) is 2. The van der Waals surface area contributed by atoms with Crippen molar-refractivity contribution < 1.29 is 19.2 Å². The Morgan fingerprint density at radius 2 is 1.61 bits per heavy atom. The molecule has 0 unspecified atom stereocenters. The van der Waals surface area contributed by atoms with Gasteiger partial charge in [-0.05, 0) is 39.0 Å². The van der Waals surface area contributed by atoms with Gasteiger partial charge in [0, 0.05) is 17.9 Å². The van der Waals surface area contributed by atoms with Gasteiger partial charge in [-0.25, -0.2) is 4.79 Å². The second-order valence-corrected chi connectivity index (χ2v) is 5.64. The fourth-order valence-corrected chi connectivity index (χ4v) is 2.68. The number of hydrogen-bond acceptors (Lipinski definition) is 4. The van der Waals surface area contributed by atoms with Crippen molar-refractivity contribution in [3.05, 3.63) is 58.9 Å². The summed E-state index contributed by atoms with van der Waals surface area (Å²) >= 11 is 0. The molecule has 1 aromatic heterocycles. The molecule has 0 fully saturated rings. The summed E-state index contributed by atoms with van der Waals surface area (Å²) in [6, 6.07) is 8.18. The van der Waals surface area contributed by atoms with Crippen LogP contribution in [0.15, 0.2) is 36.5 Å². The van der Waals surface area contributed by atoms with Crippen LogP contribution in [-0.4, -0.2) is 27.4 Å². The molecular weight excluding hydrogens is 296 g/mol. The summed E-state index contributed by atoms with van der Waals surface area (Å²) < 4.78 is 1.92. The molecule has 6 heteroatoms. The standard InChI is InChI=1S/C17H16N2O4/c1-10(2)18-9-8-12(11(18)3)17(22)23-19-15(20)13-6-4-5-7-14(13)16(19)21/h4-10H,1-3H3. The molecule has 1 aliphatic rings. The summed E-state index contributed by atoms with van der Waals surface area (Å²) in [5.41, 5.74) is 1.53. The SMILES string of the molecule is Cc1c(C(=O)ON2C(=O)c3ccccc3C2=O)ccn1C(C)C. The van der Waals surface area contributed by atoms with E-state index in [2.05, 4.69) is 0 Å². The molecule has 6 nitrogen and oxygen atoms in total. The number of aromatic nitrogens is 1. The van der Waals surface area contributed by atoms with Crippen molar-refractivity contribution >= 4 is 17.8 Å². The third-order valence-corrected chi connectivity index (χ3v) is 3.89. The highest BCUT2D eigenvalue weighted by Gasteiger charge is 2.39. The maximum Gasteiger partial charge on any atom is 0.365 e. The van der Waals surface area contributed by atoms with Crippen LogP contribution >= 0.6 is 0 Å². The molecule has 0 saturated carbocycles. The Bertz CT molecular complexity index is 785. The first kappa shape index (κ1) is 15.0. The number of amides is 2. The molecular formula is C17H16N2O4. The van der Waals surface area contributed by atoms with Crippen molar-refractivity contribution in [3.8, 4) is 0 Å². The van der Waals surface area contributed by atoms with Gasteiger partial charge in [-0.15, -0.1) is 0 Å². The van der Waals surface area contributed by atoms with Gasteiger partial charge in [0.25, 0.3) is 11.8 Å². The van der Waals surface area contributed by atoms with Gasteiger partial charge in [-0.1, -0.05) is 17.2 Å². The number of carbonyl (C=O) groups is 3.